The van der Waals surface area contributed by atoms with Gasteiger partial charge in [0.2, 0.25) is 0 Å². The summed E-state index contributed by atoms with van der Waals surface area (Å²) in [5, 5.41) is 3.14. The van der Waals surface area contributed by atoms with Crippen LogP contribution in [-0.4, -0.2) is 43.1 Å². The van der Waals surface area contributed by atoms with E-state index >= 15 is 0 Å². The average molecular weight is 366 g/mol. The van der Waals surface area contributed by atoms with Crippen molar-refractivity contribution in [1.82, 2.24) is 10.2 Å². The standard InChI is InChI=1S/C22H26N2O3/c25-22(23-21-14-24-12-10-18(21)11-13-24)16-27-20-8-6-19(7-9-20)26-15-17-4-2-1-3-5-17/h1-9,18,21H,10-16H2,(H,23,25). The normalized spacial score (nSPS) is 23.6. The van der Waals surface area contributed by atoms with Gasteiger partial charge in [-0.3, -0.25) is 4.79 Å². The summed E-state index contributed by atoms with van der Waals surface area (Å²) >= 11 is 0. The van der Waals surface area contributed by atoms with E-state index in [9.17, 15) is 4.79 Å². The summed E-state index contributed by atoms with van der Waals surface area (Å²) in [6.45, 7) is 3.90. The molecule has 5 rings (SSSR count). The van der Waals surface area contributed by atoms with Gasteiger partial charge in [-0.25, -0.2) is 0 Å². The third-order valence-electron chi connectivity index (χ3n) is 5.44. The highest BCUT2D eigenvalue weighted by Crippen LogP contribution is 2.27. The Hall–Kier alpha value is -2.53. The molecular weight excluding hydrogens is 340 g/mol. The lowest BCUT2D eigenvalue weighted by Crippen LogP contribution is -2.57. The van der Waals surface area contributed by atoms with Crippen molar-refractivity contribution in [3.8, 4) is 11.5 Å². The van der Waals surface area contributed by atoms with Crippen LogP contribution in [0.1, 0.15) is 18.4 Å². The molecule has 2 aromatic carbocycles. The second kappa shape index (κ2) is 8.44. The molecule has 27 heavy (non-hydrogen) atoms. The molecule has 142 valence electrons. The van der Waals surface area contributed by atoms with Gasteiger partial charge in [-0.05, 0) is 61.7 Å². The summed E-state index contributed by atoms with van der Waals surface area (Å²) in [5.41, 5.74) is 1.13. The molecule has 3 heterocycles. The summed E-state index contributed by atoms with van der Waals surface area (Å²) in [4.78, 5) is 14.6. The smallest absolute Gasteiger partial charge is 0.258 e. The lowest BCUT2D eigenvalue weighted by atomic mass is 9.84. The first-order chi connectivity index (χ1) is 13.3. The largest absolute Gasteiger partial charge is 0.489 e. The van der Waals surface area contributed by atoms with E-state index < -0.39 is 0 Å². The number of hydrogen-bond donors (Lipinski definition) is 1. The molecule has 1 amide bonds. The summed E-state index contributed by atoms with van der Waals surface area (Å²) in [6.07, 6.45) is 2.38. The van der Waals surface area contributed by atoms with Crippen LogP contribution in [0.4, 0.5) is 0 Å². The van der Waals surface area contributed by atoms with E-state index in [0.717, 1.165) is 17.9 Å². The second-order valence-electron chi connectivity index (χ2n) is 7.35. The van der Waals surface area contributed by atoms with Crippen LogP contribution in [0.2, 0.25) is 0 Å². The zero-order chi connectivity index (χ0) is 18.5. The molecule has 3 fully saturated rings. The van der Waals surface area contributed by atoms with Crippen LogP contribution < -0.4 is 14.8 Å². The third-order valence-corrected chi connectivity index (χ3v) is 5.44. The Balaban J connectivity index is 1.21. The van der Waals surface area contributed by atoms with E-state index in [1.807, 2.05) is 54.6 Å². The number of amides is 1. The maximum Gasteiger partial charge on any atom is 0.258 e. The lowest BCUT2D eigenvalue weighted by molar-refractivity contribution is -0.125. The molecule has 0 saturated carbocycles. The summed E-state index contributed by atoms with van der Waals surface area (Å²) < 4.78 is 11.4. The molecule has 0 radical (unpaired) electrons. The van der Waals surface area contributed by atoms with E-state index in [0.29, 0.717) is 18.3 Å². The zero-order valence-electron chi connectivity index (χ0n) is 15.5. The van der Waals surface area contributed by atoms with Crippen LogP contribution >= 0.6 is 0 Å². The Bertz CT molecular complexity index is 740. The van der Waals surface area contributed by atoms with Crippen LogP contribution in [-0.2, 0) is 11.4 Å². The van der Waals surface area contributed by atoms with Crippen molar-refractivity contribution >= 4 is 5.91 Å². The van der Waals surface area contributed by atoms with Gasteiger partial charge in [-0.2, -0.15) is 0 Å². The number of rotatable bonds is 7. The molecule has 2 aromatic rings. The Morgan fingerprint density at radius 2 is 1.63 bits per heavy atom. The number of benzene rings is 2. The number of nitrogens with zero attached hydrogens (tertiary/aromatic N) is 1. The summed E-state index contributed by atoms with van der Waals surface area (Å²) in [6, 6.07) is 17.7. The van der Waals surface area contributed by atoms with Crippen LogP contribution in [0, 0.1) is 5.92 Å². The van der Waals surface area contributed by atoms with Crippen molar-refractivity contribution in [2.45, 2.75) is 25.5 Å². The van der Waals surface area contributed by atoms with Gasteiger partial charge < -0.3 is 19.7 Å². The molecule has 2 bridgehead atoms. The molecule has 0 aromatic heterocycles. The summed E-state index contributed by atoms with van der Waals surface area (Å²) in [5.74, 6) is 2.03. The highest BCUT2D eigenvalue weighted by Gasteiger charge is 2.34. The predicted molar refractivity (Wildman–Crippen MR) is 104 cm³/mol. The van der Waals surface area contributed by atoms with Gasteiger partial charge in [0.15, 0.2) is 6.61 Å². The Labute approximate surface area is 160 Å². The van der Waals surface area contributed by atoms with Crippen molar-refractivity contribution in [1.29, 1.82) is 0 Å². The fourth-order valence-electron chi connectivity index (χ4n) is 3.90. The van der Waals surface area contributed by atoms with Crippen molar-refractivity contribution in [3.05, 3.63) is 60.2 Å². The van der Waals surface area contributed by atoms with Gasteiger partial charge in [0.05, 0.1) is 0 Å². The van der Waals surface area contributed by atoms with Crippen LogP contribution in [0.25, 0.3) is 0 Å². The first-order valence-corrected chi connectivity index (χ1v) is 9.67. The Morgan fingerprint density at radius 3 is 2.26 bits per heavy atom. The van der Waals surface area contributed by atoms with Gasteiger partial charge in [0, 0.05) is 12.6 Å². The minimum atomic E-state index is -0.0434. The highest BCUT2D eigenvalue weighted by molar-refractivity contribution is 5.78. The third kappa shape index (κ3) is 4.80. The molecule has 5 heteroatoms. The van der Waals surface area contributed by atoms with Gasteiger partial charge in [-0.15, -0.1) is 0 Å². The SMILES string of the molecule is O=C(COc1ccc(OCc2ccccc2)cc1)NC1CN2CCC1CC2. The Kier molecular flexibility index (Phi) is 5.58. The number of carbonyl (C=O) groups excluding carboxylic acids is 1. The topological polar surface area (TPSA) is 50.8 Å². The number of ether oxygens (including phenoxy) is 2. The van der Waals surface area contributed by atoms with Crippen LogP contribution in [0.3, 0.4) is 0 Å². The van der Waals surface area contributed by atoms with Crippen molar-refractivity contribution in [2.75, 3.05) is 26.2 Å². The van der Waals surface area contributed by atoms with Gasteiger partial charge >= 0.3 is 0 Å². The van der Waals surface area contributed by atoms with Crippen LogP contribution in [0.5, 0.6) is 11.5 Å². The first kappa shape index (κ1) is 17.9. The van der Waals surface area contributed by atoms with E-state index in [1.54, 1.807) is 0 Å². The first-order valence-electron chi connectivity index (χ1n) is 9.67. The van der Waals surface area contributed by atoms with Crippen molar-refractivity contribution in [2.24, 2.45) is 5.92 Å². The Morgan fingerprint density at radius 1 is 0.963 bits per heavy atom. The number of nitrogens with one attached hydrogen (secondary N) is 1. The van der Waals surface area contributed by atoms with E-state index in [2.05, 4.69) is 10.2 Å². The number of carbonyl (C=O) groups is 1. The predicted octanol–water partition coefficient (Wildman–Crippen LogP) is 2.85. The van der Waals surface area contributed by atoms with Crippen molar-refractivity contribution < 1.29 is 14.3 Å². The molecule has 1 atom stereocenters. The maximum atomic E-state index is 12.2. The highest BCUT2D eigenvalue weighted by atomic mass is 16.5. The minimum Gasteiger partial charge on any atom is -0.489 e. The zero-order valence-corrected chi connectivity index (χ0v) is 15.5. The molecule has 0 aliphatic carbocycles. The van der Waals surface area contributed by atoms with Crippen LogP contribution in [0.15, 0.2) is 54.6 Å². The second-order valence-corrected chi connectivity index (χ2v) is 7.35. The number of fused-ring (bicyclic) bond motifs is 3. The molecule has 0 spiro atoms. The minimum absolute atomic E-state index is 0.0434. The van der Waals surface area contributed by atoms with Crippen molar-refractivity contribution in [3.63, 3.8) is 0 Å². The maximum absolute atomic E-state index is 12.2. The lowest BCUT2D eigenvalue weighted by Gasteiger charge is -2.44. The molecule has 5 nitrogen and oxygen atoms in total. The molecule has 3 aliphatic heterocycles. The molecule has 1 unspecified atom stereocenters. The quantitative estimate of drug-likeness (QED) is 0.819. The molecular formula is C22H26N2O3. The van der Waals surface area contributed by atoms with E-state index in [1.165, 1.54) is 25.9 Å². The van der Waals surface area contributed by atoms with Gasteiger partial charge in [-0.1, -0.05) is 30.3 Å². The van der Waals surface area contributed by atoms with E-state index in [4.69, 9.17) is 9.47 Å². The van der Waals surface area contributed by atoms with Gasteiger partial charge in [0.25, 0.3) is 5.91 Å². The summed E-state index contributed by atoms with van der Waals surface area (Å²) in [7, 11) is 0. The molecule has 3 saturated heterocycles. The monoisotopic (exact) mass is 366 g/mol. The average Bonchev–Trinajstić information content (AvgIpc) is 2.73. The van der Waals surface area contributed by atoms with E-state index in [-0.39, 0.29) is 18.6 Å². The molecule has 1 N–H and O–H groups in total. The van der Waals surface area contributed by atoms with Gasteiger partial charge in [0.1, 0.15) is 18.1 Å². The molecule has 3 aliphatic rings. The number of piperidine rings is 3. The fourth-order valence-corrected chi connectivity index (χ4v) is 3.90. The number of hydrogen-bond acceptors (Lipinski definition) is 4. The fraction of sp³-hybridized carbons (Fsp3) is 0.409.